The maximum Gasteiger partial charge on any atom is 0.410 e. The van der Waals surface area contributed by atoms with E-state index in [-0.39, 0.29) is 5.91 Å². The number of piperidine rings is 1. The van der Waals surface area contributed by atoms with Gasteiger partial charge in [-0.25, -0.2) is 9.59 Å². The van der Waals surface area contributed by atoms with E-state index in [1.807, 2.05) is 57.4 Å². The maximum absolute atomic E-state index is 13.4. The molecular formula is C22H32N2O5S. The van der Waals surface area contributed by atoms with Crippen LogP contribution in [0.4, 0.5) is 4.79 Å². The molecule has 0 bridgehead atoms. The van der Waals surface area contributed by atoms with Gasteiger partial charge in [-0.1, -0.05) is 30.3 Å². The number of carboxylic acid groups (broad SMARTS) is 1. The zero-order valence-corrected chi connectivity index (χ0v) is 19.0. The summed E-state index contributed by atoms with van der Waals surface area (Å²) in [4.78, 5) is 39.1. The molecule has 1 saturated heterocycles. The van der Waals surface area contributed by atoms with Crippen LogP contribution in [0, 0.1) is 0 Å². The Balaban J connectivity index is 2.22. The van der Waals surface area contributed by atoms with Crippen LogP contribution in [-0.4, -0.2) is 64.7 Å². The zero-order valence-electron chi connectivity index (χ0n) is 18.1. The van der Waals surface area contributed by atoms with E-state index in [4.69, 9.17) is 4.74 Å². The molecule has 0 aromatic heterocycles. The van der Waals surface area contributed by atoms with Crippen molar-refractivity contribution in [2.75, 3.05) is 25.1 Å². The molecule has 2 N–H and O–H groups in total. The Bertz CT molecular complexity index is 740. The molecule has 1 fully saturated rings. The van der Waals surface area contributed by atoms with Crippen molar-refractivity contribution >= 4 is 29.7 Å². The molecule has 1 aliphatic rings. The first-order chi connectivity index (χ1) is 14.1. The van der Waals surface area contributed by atoms with Gasteiger partial charge in [-0.2, -0.15) is 11.8 Å². The van der Waals surface area contributed by atoms with Crippen molar-refractivity contribution in [3.05, 3.63) is 35.9 Å². The summed E-state index contributed by atoms with van der Waals surface area (Å²) < 4.78 is 5.46. The van der Waals surface area contributed by atoms with Crippen molar-refractivity contribution in [1.82, 2.24) is 10.2 Å². The fourth-order valence-electron chi connectivity index (χ4n) is 3.59. The lowest BCUT2D eigenvalue weighted by Crippen LogP contribution is -2.56. The van der Waals surface area contributed by atoms with Crippen LogP contribution in [0.15, 0.2) is 30.3 Å². The molecule has 0 unspecified atom stereocenters. The average Bonchev–Trinajstić information content (AvgIpc) is 2.70. The molecule has 0 saturated carbocycles. The number of hydrogen-bond acceptors (Lipinski definition) is 5. The first-order valence-corrected chi connectivity index (χ1v) is 11.5. The minimum absolute atomic E-state index is 0.300. The summed E-state index contributed by atoms with van der Waals surface area (Å²) in [6.07, 6.45) is 2.66. The summed E-state index contributed by atoms with van der Waals surface area (Å²) in [5.41, 5.74) is -0.637. The molecule has 166 valence electrons. The minimum atomic E-state index is -1.04. The zero-order chi connectivity index (χ0) is 22.4. The third-order valence-corrected chi connectivity index (χ3v) is 5.89. The number of nitrogens with zero attached hydrogens (tertiary/aromatic N) is 1. The second-order valence-electron chi connectivity index (χ2n) is 8.56. The molecule has 2 rings (SSSR count). The predicted octanol–water partition coefficient (Wildman–Crippen LogP) is 3.28. The molecule has 2 amide bonds. The van der Waals surface area contributed by atoms with E-state index < -0.39 is 29.1 Å². The van der Waals surface area contributed by atoms with Gasteiger partial charge >= 0.3 is 12.1 Å². The van der Waals surface area contributed by atoms with Crippen LogP contribution >= 0.6 is 11.8 Å². The fourth-order valence-corrected chi connectivity index (χ4v) is 4.06. The van der Waals surface area contributed by atoms with E-state index in [1.165, 1.54) is 0 Å². The van der Waals surface area contributed by atoms with Gasteiger partial charge in [0, 0.05) is 13.1 Å². The molecule has 1 aromatic rings. The van der Waals surface area contributed by atoms with E-state index >= 15 is 0 Å². The van der Waals surface area contributed by atoms with Crippen LogP contribution < -0.4 is 5.32 Å². The normalized spacial score (nSPS) is 17.1. The smallest absolute Gasteiger partial charge is 0.410 e. The summed E-state index contributed by atoms with van der Waals surface area (Å²) in [7, 11) is 0. The van der Waals surface area contributed by atoms with E-state index in [9.17, 15) is 19.5 Å². The summed E-state index contributed by atoms with van der Waals surface area (Å²) in [6.45, 7) is 6.17. The van der Waals surface area contributed by atoms with Gasteiger partial charge in [0.25, 0.3) is 0 Å². The van der Waals surface area contributed by atoms with Gasteiger partial charge in [-0.15, -0.1) is 0 Å². The van der Waals surface area contributed by atoms with Crippen LogP contribution in [0.25, 0.3) is 0 Å². The average molecular weight is 437 g/mol. The van der Waals surface area contributed by atoms with Gasteiger partial charge < -0.3 is 20.1 Å². The third-order valence-electron chi connectivity index (χ3n) is 5.24. The number of carboxylic acids is 1. The lowest BCUT2D eigenvalue weighted by atomic mass is 9.72. The van der Waals surface area contributed by atoms with Gasteiger partial charge in [0.2, 0.25) is 5.91 Å². The minimum Gasteiger partial charge on any atom is -0.480 e. The van der Waals surface area contributed by atoms with E-state index in [0.29, 0.717) is 38.1 Å². The second kappa shape index (κ2) is 10.2. The number of carbonyl (C=O) groups excluding carboxylic acids is 2. The Morgan fingerprint density at radius 3 is 2.30 bits per heavy atom. The molecule has 30 heavy (non-hydrogen) atoms. The highest BCUT2D eigenvalue weighted by Gasteiger charge is 2.45. The fraction of sp³-hybridized carbons (Fsp3) is 0.591. The number of thioether (sulfide) groups is 1. The highest BCUT2D eigenvalue weighted by atomic mass is 32.2. The number of aliphatic carboxylic acids is 1. The van der Waals surface area contributed by atoms with Crippen molar-refractivity contribution in [2.24, 2.45) is 0 Å². The highest BCUT2D eigenvalue weighted by molar-refractivity contribution is 7.98. The SMILES string of the molecule is CSCC[C@@H](NC(=O)C1(c2ccccc2)CCN(C(=O)OC(C)(C)C)CC1)C(=O)O. The van der Waals surface area contributed by atoms with Crippen molar-refractivity contribution in [2.45, 2.75) is 57.1 Å². The Morgan fingerprint density at radius 2 is 1.80 bits per heavy atom. The standard InChI is InChI=1S/C22H32N2O5S/c1-21(2,3)29-20(28)24-13-11-22(12-14-24,16-8-6-5-7-9-16)19(27)23-17(18(25)26)10-15-30-4/h5-9,17H,10-15H2,1-4H3,(H,23,27)(H,25,26)/t17-/m1/s1. The summed E-state index contributed by atoms with van der Waals surface area (Å²) >= 11 is 1.54. The van der Waals surface area contributed by atoms with Crippen LogP contribution in [-0.2, 0) is 19.7 Å². The van der Waals surface area contributed by atoms with Gasteiger partial charge in [0.1, 0.15) is 11.6 Å². The summed E-state index contributed by atoms with van der Waals surface area (Å²) in [5, 5.41) is 12.3. The Labute approximate surface area is 182 Å². The van der Waals surface area contributed by atoms with E-state index in [2.05, 4.69) is 5.32 Å². The van der Waals surface area contributed by atoms with Crippen LogP contribution in [0.5, 0.6) is 0 Å². The summed E-state index contributed by atoms with van der Waals surface area (Å²) in [5.74, 6) is -0.694. The van der Waals surface area contributed by atoms with Crippen molar-refractivity contribution in [1.29, 1.82) is 0 Å². The topological polar surface area (TPSA) is 95.9 Å². The molecule has 1 aromatic carbocycles. The number of benzene rings is 1. The monoisotopic (exact) mass is 436 g/mol. The maximum atomic E-state index is 13.4. The Morgan fingerprint density at radius 1 is 1.20 bits per heavy atom. The first kappa shape index (κ1) is 24.1. The Kier molecular flexibility index (Phi) is 8.18. The summed E-state index contributed by atoms with van der Waals surface area (Å²) in [6, 6.07) is 8.46. The quantitative estimate of drug-likeness (QED) is 0.681. The van der Waals surface area contributed by atoms with Crippen molar-refractivity contribution in [3.8, 4) is 0 Å². The predicted molar refractivity (Wildman–Crippen MR) is 118 cm³/mol. The second-order valence-corrected chi connectivity index (χ2v) is 9.55. The molecule has 8 heteroatoms. The lowest BCUT2D eigenvalue weighted by molar-refractivity contribution is -0.143. The van der Waals surface area contributed by atoms with Crippen molar-refractivity contribution in [3.63, 3.8) is 0 Å². The molecule has 0 spiro atoms. The number of ether oxygens (including phenoxy) is 1. The molecule has 0 aliphatic carbocycles. The van der Waals surface area contributed by atoms with Crippen LogP contribution in [0.2, 0.25) is 0 Å². The number of rotatable bonds is 7. The number of hydrogen-bond donors (Lipinski definition) is 2. The Hall–Kier alpha value is -2.22. The molecule has 7 nitrogen and oxygen atoms in total. The molecule has 0 radical (unpaired) electrons. The number of likely N-dealkylation sites (tertiary alicyclic amines) is 1. The number of nitrogens with one attached hydrogen (secondary N) is 1. The third kappa shape index (κ3) is 6.14. The lowest BCUT2D eigenvalue weighted by Gasteiger charge is -2.41. The number of carbonyl (C=O) groups is 3. The first-order valence-electron chi connectivity index (χ1n) is 10.2. The molecule has 1 aliphatic heterocycles. The molecular weight excluding hydrogens is 404 g/mol. The van der Waals surface area contributed by atoms with Crippen molar-refractivity contribution < 1.29 is 24.2 Å². The van der Waals surface area contributed by atoms with Crippen LogP contribution in [0.3, 0.4) is 0 Å². The van der Waals surface area contributed by atoms with Gasteiger partial charge in [-0.05, 0) is 57.6 Å². The van der Waals surface area contributed by atoms with E-state index in [0.717, 1.165) is 5.56 Å². The highest BCUT2D eigenvalue weighted by Crippen LogP contribution is 2.36. The molecule has 1 heterocycles. The van der Waals surface area contributed by atoms with Gasteiger partial charge in [0.05, 0.1) is 5.41 Å². The van der Waals surface area contributed by atoms with Crippen LogP contribution in [0.1, 0.15) is 45.6 Å². The molecule has 1 atom stereocenters. The number of amides is 2. The van der Waals surface area contributed by atoms with Gasteiger partial charge in [0.15, 0.2) is 0 Å². The van der Waals surface area contributed by atoms with Gasteiger partial charge in [-0.3, -0.25) is 4.79 Å². The largest absolute Gasteiger partial charge is 0.480 e. The van der Waals surface area contributed by atoms with E-state index in [1.54, 1.807) is 16.7 Å².